The molecule has 1 amide bonds. The molecule has 7 heteroatoms. The van der Waals surface area contributed by atoms with E-state index in [1.54, 1.807) is 7.11 Å². The molecule has 1 heterocycles. The molecule has 0 saturated heterocycles. The van der Waals surface area contributed by atoms with Crippen LogP contribution in [-0.4, -0.2) is 38.7 Å². The number of hydrogen-bond acceptors (Lipinski definition) is 4. The molecule has 1 aromatic heterocycles. The second-order valence-electron chi connectivity index (χ2n) is 7.08. The van der Waals surface area contributed by atoms with Gasteiger partial charge in [-0.05, 0) is 55.9 Å². The molecule has 0 saturated carbocycles. The number of aromatic nitrogens is 3. The highest BCUT2D eigenvalue weighted by Crippen LogP contribution is 2.21. The van der Waals surface area contributed by atoms with Gasteiger partial charge in [-0.15, -0.1) is 0 Å². The molecule has 0 aliphatic heterocycles. The molecule has 0 aliphatic carbocycles. The van der Waals surface area contributed by atoms with Crippen LogP contribution in [0.3, 0.4) is 0 Å². The summed E-state index contributed by atoms with van der Waals surface area (Å²) in [4.78, 5) is 14.9. The highest BCUT2D eigenvalue weighted by Gasteiger charge is 2.18. The summed E-state index contributed by atoms with van der Waals surface area (Å²) in [7, 11) is 1.63. The summed E-state index contributed by atoms with van der Waals surface area (Å²) >= 11 is 5.39. The van der Waals surface area contributed by atoms with Gasteiger partial charge in [0.05, 0.1) is 7.11 Å². The zero-order chi connectivity index (χ0) is 20.8. The maximum absolute atomic E-state index is 13.0. The van der Waals surface area contributed by atoms with Crippen molar-refractivity contribution in [3.63, 3.8) is 0 Å². The topological polar surface area (TPSA) is 63.1 Å². The molecule has 0 aliphatic rings. The van der Waals surface area contributed by atoms with Crippen LogP contribution in [0.5, 0.6) is 5.75 Å². The first-order chi connectivity index (χ1) is 14.0. The van der Waals surface area contributed by atoms with E-state index in [4.69, 9.17) is 17.0 Å². The van der Waals surface area contributed by atoms with E-state index in [9.17, 15) is 4.79 Å². The summed E-state index contributed by atoms with van der Waals surface area (Å²) in [5.41, 5.74) is 2.03. The summed E-state index contributed by atoms with van der Waals surface area (Å²) in [5, 5.41) is 7.19. The van der Waals surface area contributed by atoms with Crippen LogP contribution in [0.4, 0.5) is 0 Å². The molecule has 29 heavy (non-hydrogen) atoms. The molecular formula is C22H26N4O2S. The smallest absolute Gasteiger partial charge is 0.224 e. The van der Waals surface area contributed by atoms with E-state index in [1.807, 2.05) is 77.9 Å². The van der Waals surface area contributed by atoms with E-state index in [-0.39, 0.29) is 11.9 Å². The summed E-state index contributed by atoms with van der Waals surface area (Å²) in [5.74, 6) is 1.58. The van der Waals surface area contributed by atoms with Gasteiger partial charge in [0, 0.05) is 31.1 Å². The normalized spacial score (nSPS) is 10.9. The third-order valence-electron chi connectivity index (χ3n) is 4.80. The number of ether oxygens (including phenoxy) is 1. The summed E-state index contributed by atoms with van der Waals surface area (Å²) in [6.07, 6.45) is 0.349. The number of rotatable bonds is 8. The van der Waals surface area contributed by atoms with E-state index in [0.29, 0.717) is 30.1 Å². The molecule has 0 unspecified atom stereocenters. The zero-order valence-corrected chi connectivity index (χ0v) is 17.8. The van der Waals surface area contributed by atoms with Gasteiger partial charge in [0.1, 0.15) is 5.75 Å². The first kappa shape index (κ1) is 20.8. The number of methoxy groups -OCH3 is 1. The van der Waals surface area contributed by atoms with Crippen LogP contribution < -0.4 is 4.74 Å². The Bertz CT molecular complexity index is 994. The van der Waals surface area contributed by atoms with Crippen molar-refractivity contribution in [2.45, 2.75) is 39.4 Å². The Morgan fingerprint density at radius 3 is 2.48 bits per heavy atom. The maximum atomic E-state index is 13.0. The molecule has 152 valence electrons. The number of amides is 1. The van der Waals surface area contributed by atoms with Crippen molar-refractivity contribution in [1.82, 2.24) is 19.7 Å². The third kappa shape index (κ3) is 5.12. The fraction of sp³-hybridized carbons (Fsp3) is 0.318. The standard InChI is InChI=1S/C22H26N4O2S/c1-16(2)26(15-17-7-5-4-6-8-17)20(27)13-14-25-21(23-24-22(25)29)18-9-11-19(28-3)12-10-18/h4-12,16H,13-15H2,1-3H3,(H,24,29). The van der Waals surface area contributed by atoms with Gasteiger partial charge in [0.15, 0.2) is 10.6 Å². The molecule has 3 aromatic rings. The number of H-pyrrole nitrogens is 1. The molecule has 0 radical (unpaired) electrons. The summed E-state index contributed by atoms with van der Waals surface area (Å²) in [6.45, 7) is 5.13. The van der Waals surface area contributed by atoms with Gasteiger partial charge in [0.25, 0.3) is 0 Å². The number of benzene rings is 2. The predicted octanol–water partition coefficient (Wildman–Crippen LogP) is 4.44. The van der Waals surface area contributed by atoms with Crippen molar-refractivity contribution in [3.05, 3.63) is 64.9 Å². The number of carbonyl (C=O) groups is 1. The number of nitrogens with one attached hydrogen (secondary N) is 1. The maximum Gasteiger partial charge on any atom is 0.224 e. The first-order valence-corrected chi connectivity index (χ1v) is 10.0. The van der Waals surface area contributed by atoms with Crippen LogP contribution in [-0.2, 0) is 17.9 Å². The Hall–Kier alpha value is -2.93. The molecule has 0 spiro atoms. The summed E-state index contributed by atoms with van der Waals surface area (Å²) < 4.78 is 7.58. The van der Waals surface area contributed by atoms with Gasteiger partial charge in [-0.3, -0.25) is 14.5 Å². The highest BCUT2D eigenvalue weighted by atomic mass is 32.1. The minimum absolute atomic E-state index is 0.0904. The van der Waals surface area contributed by atoms with Crippen LogP contribution in [0.2, 0.25) is 0 Å². The van der Waals surface area contributed by atoms with Gasteiger partial charge in [-0.25, -0.2) is 0 Å². The quantitative estimate of drug-likeness (QED) is 0.558. The second kappa shape index (κ2) is 9.52. The molecule has 2 aromatic carbocycles. The Labute approximate surface area is 176 Å². The van der Waals surface area contributed by atoms with Crippen molar-refractivity contribution in [1.29, 1.82) is 0 Å². The van der Waals surface area contributed by atoms with Gasteiger partial charge < -0.3 is 9.64 Å². The van der Waals surface area contributed by atoms with Crippen LogP contribution in [0.1, 0.15) is 25.8 Å². The average Bonchev–Trinajstić information content (AvgIpc) is 3.11. The molecular weight excluding hydrogens is 384 g/mol. The number of hydrogen-bond donors (Lipinski definition) is 1. The largest absolute Gasteiger partial charge is 0.497 e. The third-order valence-corrected chi connectivity index (χ3v) is 5.11. The Morgan fingerprint density at radius 2 is 1.86 bits per heavy atom. The lowest BCUT2D eigenvalue weighted by Gasteiger charge is -2.27. The predicted molar refractivity (Wildman–Crippen MR) is 116 cm³/mol. The van der Waals surface area contributed by atoms with Crippen LogP contribution in [0.15, 0.2) is 54.6 Å². The number of carbonyl (C=O) groups excluding carboxylic acids is 1. The lowest BCUT2D eigenvalue weighted by atomic mass is 10.1. The lowest BCUT2D eigenvalue weighted by molar-refractivity contribution is -0.133. The van der Waals surface area contributed by atoms with E-state index in [0.717, 1.165) is 16.9 Å². The highest BCUT2D eigenvalue weighted by molar-refractivity contribution is 7.71. The van der Waals surface area contributed by atoms with Gasteiger partial charge in [0.2, 0.25) is 5.91 Å². The van der Waals surface area contributed by atoms with E-state index in [2.05, 4.69) is 10.2 Å². The minimum atomic E-state index is 0.0904. The van der Waals surface area contributed by atoms with Crippen molar-refractivity contribution >= 4 is 18.1 Å². The van der Waals surface area contributed by atoms with Crippen molar-refractivity contribution in [2.24, 2.45) is 0 Å². The van der Waals surface area contributed by atoms with Crippen molar-refractivity contribution < 1.29 is 9.53 Å². The lowest BCUT2D eigenvalue weighted by Crippen LogP contribution is -2.36. The summed E-state index contributed by atoms with van der Waals surface area (Å²) in [6, 6.07) is 17.8. The molecule has 6 nitrogen and oxygen atoms in total. The number of nitrogens with zero attached hydrogens (tertiary/aromatic N) is 3. The van der Waals surface area contributed by atoms with E-state index >= 15 is 0 Å². The van der Waals surface area contributed by atoms with Crippen molar-refractivity contribution in [3.8, 4) is 17.1 Å². The Kier molecular flexibility index (Phi) is 6.82. The fourth-order valence-corrected chi connectivity index (χ4v) is 3.40. The van der Waals surface area contributed by atoms with Gasteiger partial charge in [-0.1, -0.05) is 30.3 Å². The first-order valence-electron chi connectivity index (χ1n) is 9.62. The average molecular weight is 411 g/mol. The van der Waals surface area contributed by atoms with Gasteiger partial charge in [-0.2, -0.15) is 5.10 Å². The molecule has 1 N–H and O–H groups in total. The fourth-order valence-electron chi connectivity index (χ4n) is 3.18. The number of aromatic amines is 1. The SMILES string of the molecule is COc1ccc(-c2n[nH]c(=S)n2CCC(=O)N(Cc2ccccc2)C(C)C)cc1. The Morgan fingerprint density at radius 1 is 1.17 bits per heavy atom. The molecule has 3 rings (SSSR count). The van der Waals surface area contributed by atoms with Crippen molar-refractivity contribution in [2.75, 3.05) is 7.11 Å². The van der Waals surface area contributed by atoms with Crippen LogP contribution in [0, 0.1) is 4.77 Å². The van der Waals surface area contributed by atoms with Gasteiger partial charge >= 0.3 is 0 Å². The molecule has 0 fully saturated rings. The minimum Gasteiger partial charge on any atom is -0.497 e. The second-order valence-corrected chi connectivity index (χ2v) is 7.47. The van der Waals surface area contributed by atoms with E-state index in [1.165, 1.54) is 0 Å². The van der Waals surface area contributed by atoms with Crippen LogP contribution >= 0.6 is 12.2 Å². The van der Waals surface area contributed by atoms with Crippen LogP contribution in [0.25, 0.3) is 11.4 Å². The van der Waals surface area contributed by atoms with E-state index < -0.39 is 0 Å². The monoisotopic (exact) mass is 410 g/mol. The Balaban J connectivity index is 1.73. The molecule has 0 atom stereocenters. The molecule has 0 bridgehead atoms. The zero-order valence-electron chi connectivity index (χ0n) is 17.0.